The van der Waals surface area contributed by atoms with Gasteiger partial charge < -0.3 is 16.0 Å². The molecule has 1 amide bonds. The van der Waals surface area contributed by atoms with Crippen molar-refractivity contribution in [2.24, 2.45) is 0 Å². The van der Waals surface area contributed by atoms with Crippen molar-refractivity contribution in [3.05, 3.63) is 30.1 Å². The Morgan fingerprint density at radius 2 is 2.00 bits per heavy atom. The van der Waals surface area contributed by atoms with Gasteiger partial charge in [-0.2, -0.15) is 4.98 Å². The molecule has 4 N–H and O–H groups in total. The van der Waals surface area contributed by atoms with E-state index in [1.807, 2.05) is 24.3 Å². The maximum atomic E-state index is 12.1. The summed E-state index contributed by atoms with van der Waals surface area (Å²) in [4.78, 5) is 18.3. The van der Waals surface area contributed by atoms with Crippen LogP contribution in [-0.2, 0) is 0 Å². The molecule has 7 heteroatoms. The van der Waals surface area contributed by atoms with Crippen LogP contribution in [0.15, 0.2) is 24.3 Å². The number of nitrogens with one attached hydrogen (secondary N) is 2. The molecular weight excluding hydrogens is 268 g/mol. The number of amides is 1. The topological polar surface area (TPSA) is 99.9 Å². The fraction of sp³-hybridized carbons (Fsp3) is 0.357. The third kappa shape index (κ3) is 2.96. The van der Waals surface area contributed by atoms with Crippen LogP contribution >= 0.6 is 0 Å². The lowest BCUT2D eigenvalue weighted by atomic mass is 10.1. The number of nitrogens with zero attached hydrogens (tertiary/aromatic N) is 3. The molecule has 1 fully saturated rings. The fourth-order valence-electron chi connectivity index (χ4n) is 2.55. The Hall–Kier alpha value is -2.57. The van der Waals surface area contributed by atoms with Crippen LogP contribution in [-0.4, -0.2) is 34.2 Å². The number of nitrogen functional groups attached to an aromatic ring is 1. The summed E-state index contributed by atoms with van der Waals surface area (Å²) in [7, 11) is 0. The van der Waals surface area contributed by atoms with Crippen molar-refractivity contribution < 1.29 is 4.79 Å². The molecule has 0 aliphatic carbocycles. The molecule has 0 spiro atoms. The zero-order valence-electron chi connectivity index (χ0n) is 11.7. The highest BCUT2D eigenvalue weighted by Crippen LogP contribution is 2.28. The molecular formula is C14H18N6O. The highest BCUT2D eigenvalue weighted by atomic mass is 16.2. The molecule has 0 atom stereocenters. The predicted octanol–water partition coefficient (Wildman–Crippen LogP) is 1.63. The van der Waals surface area contributed by atoms with E-state index in [4.69, 9.17) is 5.73 Å². The quantitative estimate of drug-likeness (QED) is 0.796. The summed E-state index contributed by atoms with van der Waals surface area (Å²) in [5.74, 6) is -0.172. The molecule has 0 radical (unpaired) electrons. The SMILES string of the molecule is Nc1n[nH]c(C(=O)Nc2ccccc2N2CCCCC2)n1. The fourth-order valence-corrected chi connectivity index (χ4v) is 2.55. The maximum absolute atomic E-state index is 12.1. The van der Waals surface area contributed by atoms with Crippen molar-refractivity contribution in [3.63, 3.8) is 0 Å². The van der Waals surface area contributed by atoms with Crippen LogP contribution in [0, 0.1) is 0 Å². The average molecular weight is 286 g/mol. The minimum atomic E-state index is -0.344. The van der Waals surface area contributed by atoms with Crippen molar-refractivity contribution in [1.82, 2.24) is 15.2 Å². The van der Waals surface area contributed by atoms with Crippen molar-refractivity contribution in [2.45, 2.75) is 19.3 Å². The number of aromatic nitrogens is 3. The van der Waals surface area contributed by atoms with Gasteiger partial charge in [0.05, 0.1) is 11.4 Å². The summed E-state index contributed by atoms with van der Waals surface area (Å²) >= 11 is 0. The van der Waals surface area contributed by atoms with E-state index in [0.29, 0.717) is 0 Å². The summed E-state index contributed by atoms with van der Waals surface area (Å²) in [6.07, 6.45) is 3.63. The Balaban J connectivity index is 1.80. The van der Waals surface area contributed by atoms with E-state index in [1.165, 1.54) is 19.3 Å². The van der Waals surface area contributed by atoms with E-state index in [-0.39, 0.29) is 17.7 Å². The van der Waals surface area contributed by atoms with Gasteiger partial charge in [-0.25, -0.2) is 0 Å². The van der Waals surface area contributed by atoms with Crippen molar-refractivity contribution in [3.8, 4) is 0 Å². The summed E-state index contributed by atoms with van der Waals surface area (Å²) < 4.78 is 0. The number of piperidine rings is 1. The smallest absolute Gasteiger partial charge is 0.293 e. The molecule has 3 rings (SSSR count). The lowest BCUT2D eigenvalue weighted by molar-refractivity contribution is 0.101. The lowest BCUT2D eigenvalue weighted by Gasteiger charge is -2.30. The number of H-pyrrole nitrogens is 1. The second-order valence-corrected chi connectivity index (χ2v) is 5.06. The second-order valence-electron chi connectivity index (χ2n) is 5.06. The van der Waals surface area contributed by atoms with E-state index in [2.05, 4.69) is 25.4 Å². The van der Waals surface area contributed by atoms with Crippen LogP contribution in [0.5, 0.6) is 0 Å². The summed E-state index contributed by atoms with van der Waals surface area (Å²) in [5.41, 5.74) is 7.23. The molecule has 1 saturated heterocycles. The van der Waals surface area contributed by atoms with Gasteiger partial charge in [0.2, 0.25) is 11.8 Å². The molecule has 1 aliphatic rings. The van der Waals surface area contributed by atoms with Gasteiger partial charge in [0.1, 0.15) is 0 Å². The molecule has 0 bridgehead atoms. The number of aromatic amines is 1. The first-order chi connectivity index (χ1) is 10.2. The standard InChI is InChI=1S/C14H18N6O/c15-14-17-12(18-19-14)13(21)16-10-6-2-3-7-11(10)20-8-4-1-5-9-20/h2-3,6-7H,1,4-5,8-9H2,(H,16,21)(H3,15,17,18,19). The number of hydrogen-bond acceptors (Lipinski definition) is 5. The number of carbonyl (C=O) groups excluding carboxylic acids is 1. The van der Waals surface area contributed by atoms with Gasteiger partial charge in [0.25, 0.3) is 5.91 Å². The second kappa shape index (κ2) is 5.82. The molecule has 2 heterocycles. The summed E-state index contributed by atoms with van der Waals surface area (Å²) in [6.45, 7) is 2.03. The number of anilines is 3. The summed E-state index contributed by atoms with van der Waals surface area (Å²) in [6, 6.07) is 7.79. The zero-order chi connectivity index (χ0) is 14.7. The Bertz CT molecular complexity index is 632. The van der Waals surface area contributed by atoms with Gasteiger partial charge in [-0.05, 0) is 31.4 Å². The first-order valence-corrected chi connectivity index (χ1v) is 7.07. The van der Waals surface area contributed by atoms with E-state index in [9.17, 15) is 4.79 Å². The van der Waals surface area contributed by atoms with Gasteiger partial charge in [0.15, 0.2) is 0 Å². The zero-order valence-corrected chi connectivity index (χ0v) is 11.7. The number of hydrogen-bond donors (Lipinski definition) is 3. The van der Waals surface area contributed by atoms with E-state index >= 15 is 0 Å². The van der Waals surface area contributed by atoms with Crippen molar-refractivity contribution in [2.75, 3.05) is 29.0 Å². The largest absolute Gasteiger partial charge is 0.370 e. The third-order valence-corrected chi connectivity index (χ3v) is 3.57. The van der Waals surface area contributed by atoms with Crippen LogP contribution in [0.1, 0.15) is 29.9 Å². The van der Waals surface area contributed by atoms with Crippen molar-refractivity contribution >= 4 is 23.2 Å². The minimum absolute atomic E-state index is 0.0597. The number of benzene rings is 1. The number of para-hydroxylation sites is 2. The van der Waals surface area contributed by atoms with Gasteiger partial charge >= 0.3 is 0 Å². The summed E-state index contributed by atoms with van der Waals surface area (Å²) in [5, 5.41) is 9.04. The van der Waals surface area contributed by atoms with Gasteiger partial charge in [-0.3, -0.25) is 9.89 Å². The highest BCUT2D eigenvalue weighted by Gasteiger charge is 2.17. The first-order valence-electron chi connectivity index (χ1n) is 7.07. The van der Waals surface area contributed by atoms with Gasteiger partial charge in [0, 0.05) is 13.1 Å². The Morgan fingerprint density at radius 3 is 2.71 bits per heavy atom. The molecule has 7 nitrogen and oxygen atoms in total. The predicted molar refractivity (Wildman–Crippen MR) is 81.3 cm³/mol. The Labute approximate surface area is 122 Å². The maximum Gasteiger partial charge on any atom is 0.293 e. The van der Waals surface area contributed by atoms with Crippen LogP contribution in [0.3, 0.4) is 0 Å². The molecule has 1 aliphatic heterocycles. The van der Waals surface area contributed by atoms with Crippen LogP contribution in [0.25, 0.3) is 0 Å². The van der Waals surface area contributed by atoms with Gasteiger partial charge in [-0.15, -0.1) is 5.10 Å². The van der Waals surface area contributed by atoms with E-state index in [0.717, 1.165) is 24.5 Å². The molecule has 21 heavy (non-hydrogen) atoms. The van der Waals surface area contributed by atoms with Gasteiger partial charge in [-0.1, -0.05) is 12.1 Å². The molecule has 0 saturated carbocycles. The third-order valence-electron chi connectivity index (χ3n) is 3.57. The number of nitrogens with two attached hydrogens (primary N) is 1. The average Bonchev–Trinajstić information content (AvgIpc) is 2.95. The number of rotatable bonds is 3. The van der Waals surface area contributed by atoms with Crippen molar-refractivity contribution in [1.29, 1.82) is 0 Å². The lowest BCUT2D eigenvalue weighted by Crippen LogP contribution is -2.30. The monoisotopic (exact) mass is 286 g/mol. The molecule has 110 valence electrons. The number of carbonyl (C=O) groups is 1. The molecule has 0 unspecified atom stereocenters. The normalized spacial score (nSPS) is 15.0. The van der Waals surface area contributed by atoms with E-state index < -0.39 is 0 Å². The van der Waals surface area contributed by atoms with Crippen LogP contribution in [0.4, 0.5) is 17.3 Å². The molecule has 1 aromatic carbocycles. The van der Waals surface area contributed by atoms with Crippen LogP contribution in [0.2, 0.25) is 0 Å². The highest BCUT2D eigenvalue weighted by molar-refractivity contribution is 6.03. The van der Waals surface area contributed by atoms with Crippen LogP contribution < -0.4 is 16.0 Å². The minimum Gasteiger partial charge on any atom is -0.370 e. The first kappa shape index (κ1) is 13.4. The Kier molecular flexibility index (Phi) is 3.72. The Morgan fingerprint density at radius 1 is 1.24 bits per heavy atom. The van der Waals surface area contributed by atoms with E-state index in [1.54, 1.807) is 0 Å². The molecule has 1 aromatic heterocycles. The molecule has 2 aromatic rings.